The third-order valence-electron chi connectivity index (χ3n) is 3.28. The van der Waals surface area contributed by atoms with Crippen molar-refractivity contribution in [1.82, 2.24) is 4.98 Å². The molecule has 0 amide bonds. The predicted octanol–water partition coefficient (Wildman–Crippen LogP) is 3.47. The van der Waals surface area contributed by atoms with Crippen LogP contribution in [-0.2, 0) is 0 Å². The summed E-state index contributed by atoms with van der Waals surface area (Å²) in [6, 6.07) is 3.93. The minimum absolute atomic E-state index is 0.385. The fourth-order valence-corrected chi connectivity index (χ4v) is 2.44. The summed E-state index contributed by atoms with van der Waals surface area (Å²) in [5, 5.41) is 3.20. The minimum Gasteiger partial charge on any atom is -0.490 e. The molecular weight excluding hydrogens is 212 g/mol. The summed E-state index contributed by atoms with van der Waals surface area (Å²) < 4.78 is 6.03. The highest BCUT2D eigenvalue weighted by atomic mass is 16.5. The van der Waals surface area contributed by atoms with Crippen LogP contribution in [0.3, 0.4) is 0 Å². The molecule has 3 nitrogen and oxygen atoms in total. The Hall–Kier alpha value is -1.25. The monoisotopic (exact) mass is 234 g/mol. The van der Waals surface area contributed by atoms with Crippen LogP contribution in [0.5, 0.6) is 5.75 Å². The van der Waals surface area contributed by atoms with Crippen molar-refractivity contribution in [3.8, 4) is 5.75 Å². The molecule has 1 aliphatic rings. The zero-order valence-electron chi connectivity index (χ0n) is 10.8. The van der Waals surface area contributed by atoms with Gasteiger partial charge in [-0.25, -0.2) is 4.98 Å². The Balaban J connectivity index is 1.95. The van der Waals surface area contributed by atoms with E-state index >= 15 is 0 Å². The van der Waals surface area contributed by atoms with Gasteiger partial charge < -0.3 is 10.1 Å². The molecule has 94 valence electrons. The summed E-state index contributed by atoms with van der Waals surface area (Å²) in [5.74, 6) is 2.63. The Kier molecular flexibility index (Phi) is 4.24. The van der Waals surface area contributed by atoms with Crippen molar-refractivity contribution in [3.63, 3.8) is 0 Å². The molecule has 2 atom stereocenters. The van der Waals surface area contributed by atoms with Crippen molar-refractivity contribution >= 4 is 5.82 Å². The number of ether oxygens (including phenoxy) is 1. The molecule has 1 aromatic heterocycles. The lowest BCUT2D eigenvalue weighted by Gasteiger charge is -2.27. The number of anilines is 1. The largest absolute Gasteiger partial charge is 0.490 e. The zero-order valence-corrected chi connectivity index (χ0v) is 10.8. The second kappa shape index (κ2) is 5.89. The summed E-state index contributed by atoms with van der Waals surface area (Å²) in [7, 11) is 0. The SMILES string of the molecule is CCNc1cc(OC2CCCC(C)C2)ccn1. The maximum Gasteiger partial charge on any atom is 0.129 e. The van der Waals surface area contributed by atoms with Crippen LogP contribution in [0.1, 0.15) is 39.5 Å². The molecule has 3 heteroatoms. The van der Waals surface area contributed by atoms with Gasteiger partial charge in [0.15, 0.2) is 0 Å². The molecule has 0 radical (unpaired) electrons. The van der Waals surface area contributed by atoms with Crippen LogP contribution in [0.25, 0.3) is 0 Å². The Morgan fingerprint density at radius 2 is 2.35 bits per heavy atom. The second-order valence-electron chi connectivity index (χ2n) is 4.92. The molecule has 1 N–H and O–H groups in total. The Labute approximate surface area is 104 Å². The van der Waals surface area contributed by atoms with Gasteiger partial charge in [0, 0.05) is 18.8 Å². The van der Waals surface area contributed by atoms with E-state index in [4.69, 9.17) is 4.74 Å². The van der Waals surface area contributed by atoms with Crippen LogP contribution in [0.4, 0.5) is 5.82 Å². The molecule has 2 rings (SSSR count). The van der Waals surface area contributed by atoms with Gasteiger partial charge in [-0.15, -0.1) is 0 Å². The molecule has 0 bridgehead atoms. The number of nitrogens with zero attached hydrogens (tertiary/aromatic N) is 1. The molecule has 0 aromatic carbocycles. The highest BCUT2D eigenvalue weighted by molar-refractivity contribution is 5.40. The third kappa shape index (κ3) is 3.62. The number of hydrogen-bond acceptors (Lipinski definition) is 3. The van der Waals surface area contributed by atoms with Crippen LogP contribution >= 0.6 is 0 Å². The standard InChI is InChI=1S/C14H22N2O/c1-3-15-14-10-13(7-8-16-14)17-12-6-4-5-11(2)9-12/h7-8,10-12H,3-6,9H2,1-2H3,(H,15,16). The van der Waals surface area contributed by atoms with E-state index < -0.39 is 0 Å². The number of rotatable bonds is 4. The Bertz CT molecular complexity index is 354. The molecule has 0 spiro atoms. The third-order valence-corrected chi connectivity index (χ3v) is 3.28. The number of hydrogen-bond donors (Lipinski definition) is 1. The summed E-state index contributed by atoms with van der Waals surface area (Å²) in [5.41, 5.74) is 0. The van der Waals surface area contributed by atoms with Gasteiger partial charge in [-0.05, 0) is 38.2 Å². The smallest absolute Gasteiger partial charge is 0.129 e. The van der Waals surface area contributed by atoms with E-state index in [9.17, 15) is 0 Å². The van der Waals surface area contributed by atoms with E-state index in [1.807, 2.05) is 12.1 Å². The maximum atomic E-state index is 6.03. The minimum atomic E-state index is 0.385. The Morgan fingerprint density at radius 3 is 3.12 bits per heavy atom. The van der Waals surface area contributed by atoms with Gasteiger partial charge in [0.1, 0.15) is 11.6 Å². The van der Waals surface area contributed by atoms with Crippen molar-refractivity contribution in [2.45, 2.75) is 45.6 Å². The summed E-state index contributed by atoms with van der Waals surface area (Å²) in [4.78, 5) is 4.25. The Morgan fingerprint density at radius 1 is 1.47 bits per heavy atom. The van der Waals surface area contributed by atoms with Crippen molar-refractivity contribution in [3.05, 3.63) is 18.3 Å². The van der Waals surface area contributed by atoms with E-state index in [1.54, 1.807) is 6.20 Å². The highest BCUT2D eigenvalue weighted by Crippen LogP contribution is 2.27. The second-order valence-corrected chi connectivity index (χ2v) is 4.92. The number of pyridine rings is 1. The predicted molar refractivity (Wildman–Crippen MR) is 70.4 cm³/mol. The van der Waals surface area contributed by atoms with Gasteiger partial charge in [0.25, 0.3) is 0 Å². The molecule has 0 aliphatic heterocycles. The normalized spacial score (nSPS) is 24.4. The topological polar surface area (TPSA) is 34.1 Å². The lowest BCUT2D eigenvalue weighted by Crippen LogP contribution is -2.24. The quantitative estimate of drug-likeness (QED) is 0.866. The van der Waals surface area contributed by atoms with E-state index in [-0.39, 0.29) is 0 Å². The molecule has 17 heavy (non-hydrogen) atoms. The van der Waals surface area contributed by atoms with Crippen LogP contribution in [0.15, 0.2) is 18.3 Å². The average Bonchev–Trinajstić information content (AvgIpc) is 2.30. The molecule has 0 saturated heterocycles. The van der Waals surface area contributed by atoms with Crippen LogP contribution < -0.4 is 10.1 Å². The van der Waals surface area contributed by atoms with Crippen molar-refractivity contribution < 1.29 is 4.74 Å². The lowest BCUT2D eigenvalue weighted by atomic mass is 9.89. The van der Waals surface area contributed by atoms with E-state index in [1.165, 1.54) is 25.7 Å². The van der Waals surface area contributed by atoms with E-state index in [0.29, 0.717) is 6.10 Å². The molecule has 1 aliphatic carbocycles. The van der Waals surface area contributed by atoms with Crippen molar-refractivity contribution in [2.75, 3.05) is 11.9 Å². The molecule has 1 fully saturated rings. The molecule has 1 heterocycles. The average molecular weight is 234 g/mol. The number of aromatic nitrogens is 1. The summed E-state index contributed by atoms with van der Waals surface area (Å²) >= 11 is 0. The van der Waals surface area contributed by atoms with Crippen molar-refractivity contribution in [1.29, 1.82) is 0 Å². The van der Waals surface area contributed by atoms with Gasteiger partial charge in [-0.1, -0.05) is 13.3 Å². The first-order chi connectivity index (χ1) is 8.28. The first kappa shape index (κ1) is 12.2. The van der Waals surface area contributed by atoms with Gasteiger partial charge in [0.2, 0.25) is 0 Å². The van der Waals surface area contributed by atoms with Gasteiger partial charge in [-0.3, -0.25) is 0 Å². The molecule has 2 unspecified atom stereocenters. The van der Waals surface area contributed by atoms with Gasteiger partial charge in [-0.2, -0.15) is 0 Å². The van der Waals surface area contributed by atoms with E-state index in [0.717, 1.165) is 24.0 Å². The number of nitrogens with one attached hydrogen (secondary N) is 1. The summed E-state index contributed by atoms with van der Waals surface area (Å²) in [6.07, 6.45) is 7.19. The first-order valence-electron chi connectivity index (χ1n) is 6.64. The highest BCUT2D eigenvalue weighted by Gasteiger charge is 2.20. The molecule has 1 saturated carbocycles. The van der Waals surface area contributed by atoms with E-state index in [2.05, 4.69) is 24.1 Å². The zero-order chi connectivity index (χ0) is 12.1. The lowest BCUT2D eigenvalue weighted by molar-refractivity contribution is 0.129. The maximum absolute atomic E-state index is 6.03. The summed E-state index contributed by atoms with van der Waals surface area (Å²) in [6.45, 7) is 5.26. The van der Waals surface area contributed by atoms with Crippen molar-refractivity contribution in [2.24, 2.45) is 5.92 Å². The molecular formula is C14H22N2O. The van der Waals surface area contributed by atoms with Crippen LogP contribution in [-0.4, -0.2) is 17.6 Å². The molecule has 1 aromatic rings. The van der Waals surface area contributed by atoms with Crippen LogP contribution in [0, 0.1) is 5.92 Å². The first-order valence-corrected chi connectivity index (χ1v) is 6.64. The fraction of sp³-hybridized carbons (Fsp3) is 0.643. The fourth-order valence-electron chi connectivity index (χ4n) is 2.44. The van der Waals surface area contributed by atoms with Gasteiger partial charge in [0.05, 0.1) is 6.10 Å². The van der Waals surface area contributed by atoms with Crippen LogP contribution in [0.2, 0.25) is 0 Å². The van der Waals surface area contributed by atoms with Gasteiger partial charge >= 0.3 is 0 Å².